The van der Waals surface area contributed by atoms with Gasteiger partial charge in [-0.15, -0.1) is 0 Å². The van der Waals surface area contributed by atoms with Crippen molar-refractivity contribution in [3.05, 3.63) is 41.7 Å². The van der Waals surface area contributed by atoms with Gasteiger partial charge in [0.1, 0.15) is 11.3 Å². The molecule has 1 spiro atoms. The van der Waals surface area contributed by atoms with Crippen molar-refractivity contribution in [2.24, 2.45) is 0 Å². The molecule has 1 unspecified atom stereocenters. The van der Waals surface area contributed by atoms with Gasteiger partial charge in [-0.1, -0.05) is 35.0 Å². The van der Waals surface area contributed by atoms with Gasteiger partial charge in [-0.3, -0.25) is 4.90 Å². The van der Waals surface area contributed by atoms with Crippen LogP contribution < -0.4 is 0 Å². The first-order valence-corrected chi connectivity index (χ1v) is 8.22. The first kappa shape index (κ1) is 15.2. The summed E-state index contributed by atoms with van der Waals surface area (Å²) < 4.78 is 11.1. The molecule has 2 aromatic rings. The van der Waals surface area contributed by atoms with Gasteiger partial charge in [0.2, 0.25) is 0 Å². The fourth-order valence-corrected chi connectivity index (χ4v) is 3.54. The number of carbonyl (C=O) groups is 1. The van der Waals surface area contributed by atoms with E-state index in [1.807, 2.05) is 6.07 Å². The highest BCUT2D eigenvalue weighted by molar-refractivity contribution is 5.70. The lowest BCUT2D eigenvalue weighted by molar-refractivity contribution is 0.0619. The highest BCUT2D eigenvalue weighted by Crippen LogP contribution is 2.32. The summed E-state index contributed by atoms with van der Waals surface area (Å²) in [5.41, 5.74) is 2.78. The van der Waals surface area contributed by atoms with Gasteiger partial charge in [0.25, 0.3) is 0 Å². The maximum absolute atomic E-state index is 11.6. The second-order valence-corrected chi connectivity index (χ2v) is 6.91. The average molecular weight is 327 g/mol. The summed E-state index contributed by atoms with van der Waals surface area (Å²) in [7, 11) is 1.78. The van der Waals surface area contributed by atoms with E-state index in [4.69, 9.17) is 9.26 Å². The first-order valence-electron chi connectivity index (χ1n) is 8.22. The Bertz CT molecular complexity index is 755. The van der Waals surface area contributed by atoms with Gasteiger partial charge in [-0.25, -0.2) is 4.79 Å². The molecule has 126 valence electrons. The number of likely N-dealkylation sites (N-methyl/N-ethyl adjacent to an activating group) is 1. The standard InChI is InChI=1S/C18H21N3O3/c1-13-3-5-14(6-4-13)16-9-15(24-19-16)10-21-8-7-18(12-21)11-20(2)17(22)23-18/h3-6,9H,7-8,10-12H2,1-2H3. The Kier molecular flexibility index (Phi) is 3.57. The topological polar surface area (TPSA) is 58.8 Å². The molecule has 6 nitrogen and oxygen atoms in total. The first-order chi connectivity index (χ1) is 11.5. The molecule has 3 heterocycles. The van der Waals surface area contributed by atoms with Gasteiger partial charge in [-0.2, -0.15) is 0 Å². The monoisotopic (exact) mass is 327 g/mol. The smallest absolute Gasteiger partial charge is 0.410 e. The fraction of sp³-hybridized carbons (Fsp3) is 0.444. The Morgan fingerprint density at radius 3 is 2.75 bits per heavy atom. The van der Waals surface area contributed by atoms with E-state index in [9.17, 15) is 4.79 Å². The molecule has 6 heteroatoms. The van der Waals surface area contributed by atoms with Crippen LogP contribution in [0.15, 0.2) is 34.9 Å². The van der Waals surface area contributed by atoms with Crippen molar-refractivity contribution >= 4 is 6.09 Å². The highest BCUT2D eigenvalue weighted by atomic mass is 16.6. The molecule has 24 heavy (non-hydrogen) atoms. The van der Waals surface area contributed by atoms with E-state index in [-0.39, 0.29) is 11.7 Å². The Morgan fingerprint density at radius 2 is 2.04 bits per heavy atom. The molecule has 2 fully saturated rings. The minimum absolute atomic E-state index is 0.224. The van der Waals surface area contributed by atoms with Crippen LogP contribution in [0.25, 0.3) is 11.3 Å². The number of ether oxygens (including phenoxy) is 1. The molecule has 0 radical (unpaired) electrons. The molecular formula is C18H21N3O3. The van der Waals surface area contributed by atoms with Crippen molar-refractivity contribution in [1.82, 2.24) is 15.0 Å². The Hall–Kier alpha value is -2.34. The van der Waals surface area contributed by atoms with Crippen molar-refractivity contribution in [3.63, 3.8) is 0 Å². The summed E-state index contributed by atoms with van der Waals surface area (Å²) in [6.07, 6.45) is 0.639. The number of amides is 1. The maximum atomic E-state index is 11.6. The van der Waals surface area contributed by atoms with Crippen molar-refractivity contribution in [2.45, 2.75) is 25.5 Å². The summed E-state index contributed by atoms with van der Waals surface area (Å²) in [4.78, 5) is 15.5. The number of aromatic nitrogens is 1. The third-order valence-electron chi connectivity index (χ3n) is 4.82. The van der Waals surface area contributed by atoms with Crippen LogP contribution in [0.5, 0.6) is 0 Å². The molecule has 0 bridgehead atoms. The molecule has 1 aromatic heterocycles. The van der Waals surface area contributed by atoms with E-state index < -0.39 is 0 Å². The molecule has 1 amide bonds. The normalized spacial score (nSPS) is 24.1. The number of hydrogen-bond acceptors (Lipinski definition) is 5. The SMILES string of the molecule is Cc1ccc(-c2cc(CN3CCC4(C3)CN(C)C(=O)O4)on2)cc1. The van der Waals surface area contributed by atoms with Crippen LogP contribution in [0.1, 0.15) is 17.7 Å². The molecular weight excluding hydrogens is 306 g/mol. The minimum atomic E-state index is -0.356. The van der Waals surface area contributed by atoms with Gasteiger partial charge in [0, 0.05) is 38.2 Å². The number of carbonyl (C=O) groups excluding carboxylic acids is 1. The van der Waals surface area contributed by atoms with Gasteiger partial charge < -0.3 is 14.2 Å². The third kappa shape index (κ3) is 2.78. The Balaban J connectivity index is 1.42. The zero-order valence-electron chi connectivity index (χ0n) is 14.0. The molecule has 2 aliphatic rings. The second-order valence-electron chi connectivity index (χ2n) is 6.91. The lowest BCUT2D eigenvalue weighted by Crippen LogP contribution is -2.36. The van der Waals surface area contributed by atoms with Crippen LogP contribution in [-0.2, 0) is 11.3 Å². The fourth-order valence-electron chi connectivity index (χ4n) is 3.54. The molecule has 0 saturated carbocycles. The third-order valence-corrected chi connectivity index (χ3v) is 4.82. The Labute approximate surface area is 141 Å². The molecule has 0 N–H and O–H groups in total. The van der Waals surface area contributed by atoms with E-state index in [0.29, 0.717) is 13.1 Å². The summed E-state index contributed by atoms with van der Waals surface area (Å²) in [6, 6.07) is 10.2. The summed E-state index contributed by atoms with van der Waals surface area (Å²) in [6.45, 7) is 5.04. The molecule has 0 aliphatic carbocycles. The van der Waals surface area contributed by atoms with Crippen LogP contribution in [0, 0.1) is 6.92 Å². The van der Waals surface area contributed by atoms with Crippen molar-refractivity contribution in [2.75, 3.05) is 26.7 Å². The van der Waals surface area contributed by atoms with E-state index in [1.165, 1.54) is 5.56 Å². The van der Waals surface area contributed by atoms with Gasteiger partial charge >= 0.3 is 6.09 Å². The van der Waals surface area contributed by atoms with Gasteiger partial charge in [0.05, 0.1) is 13.1 Å². The molecule has 2 aliphatic heterocycles. The van der Waals surface area contributed by atoms with Crippen LogP contribution in [0.3, 0.4) is 0 Å². The van der Waals surface area contributed by atoms with Gasteiger partial charge in [0.15, 0.2) is 5.76 Å². The quantitative estimate of drug-likeness (QED) is 0.867. The highest BCUT2D eigenvalue weighted by Gasteiger charge is 2.48. The summed E-state index contributed by atoms with van der Waals surface area (Å²) >= 11 is 0. The number of likely N-dealkylation sites (tertiary alicyclic amines) is 1. The van der Waals surface area contributed by atoms with Crippen LogP contribution in [0.4, 0.5) is 4.79 Å². The lowest BCUT2D eigenvalue weighted by Gasteiger charge is -2.21. The minimum Gasteiger partial charge on any atom is -0.439 e. The molecule has 1 aromatic carbocycles. The van der Waals surface area contributed by atoms with E-state index in [1.54, 1.807) is 11.9 Å². The van der Waals surface area contributed by atoms with Crippen molar-refractivity contribution in [1.29, 1.82) is 0 Å². The average Bonchev–Trinajstić information content (AvgIpc) is 3.22. The van der Waals surface area contributed by atoms with Crippen LogP contribution in [-0.4, -0.2) is 53.3 Å². The van der Waals surface area contributed by atoms with E-state index in [2.05, 4.69) is 41.2 Å². The zero-order valence-corrected chi connectivity index (χ0v) is 14.0. The Morgan fingerprint density at radius 1 is 1.25 bits per heavy atom. The van der Waals surface area contributed by atoms with Crippen LogP contribution >= 0.6 is 0 Å². The predicted molar refractivity (Wildman–Crippen MR) is 88.4 cm³/mol. The second kappa shape index (κ2) is 5.63. The molecule has 4 rings (SSSR count). The predicted octanol–water partition coefficient (Wildman–Crippen LogP) is 2.68. The molecule has 1 atom stereocenters. The summed E-state index contributed by atoms with van der Waals surface area (Å²) in [5, 5.41) is 4.18. The van der Waals surface area contributed by atoms with Crippen molar-refractivity contribution < 1.29 is 14.1 Å². The van der Waals surface area contributed by atoms with Crippen LogP contribution in [0.2, 0.25) is 0 Å². The summed E-state index contributed by atoms with van der Waals surface area (Å²) in [5.74, 6) is 0.834. The number of rotatable bonds is 3. The number of hydrogen-bond donors (Lipinski definition) is 0. The molecule has 2 saturated heterocycles. The number of aryl methyl sites for hydroxylation is 1. The lowest BCUT2D eigenvalue weighted by atomic mass is 10.0. The van der Waals surface area contributed by atoms with Gasteiger partial charge in [-0.05, 0) is 6.92 Å². The zero-order chi connectivity index (χ0) is 16.7. The van der Waals surface area contributed by atoms with E-state index in [0.717, 1.165) is 36.5 Å². The largest absolute Gasteiger partial charge is 0.439 e. The maximum Gasteiger partial charge on any atom is 0.410 e. The number of benzene rings is 1. The van der Waals surface area contributed by atoms with E-state index >= 15 is 0 Å². The number of nitrogens with zero attached hydrogens (tertiary/aromatic N) is 3. The van der Waals surface area contributed by atoms with Crippen molar-refractivity contribution in [3.8, 4) is 11.3 Å².